The van der Waals surface area contributed by atoms with Crippen molar-refractivity contribution in [2.45, 2.75) is 62.9 Å². The molecule has 104 valence electrons. The highest BCUT2D eigenvalue weighted by Gasteiger charge is 2.37. The Hall–Kier alpha value is -1.23. The van der Waals surface area contributed by atoms with Crippen molar-refractivity contribution in [1.82, 2.24) is 15.0 Å². The van der Waals surface area contributed by atoms with Crippen LogP contribution in [0.2, 0.25) is 0 Å². The summed E-state index contributed by atoms with van der Waals surface area (Å²) in [6, 6.07) is 0. The molecule has 0 saturated heterocycles. The van der Waals surface area contributed by atoms with Crippen molar-refractivity contribution < 1.29 is 4.74 Å². The Labute approximate surface area is 114 Å². The fraction of sp³-hybridized carbons (Fsp3) is 0.786. The number of ether oxygens (including phenoxy) is 1. The third-order valence-corrected chi connectivity index (χ3v) is 4.32. The zero-order valence-electron chi connectivity index (χ0n) is 11.6. The zero-order valence-corrected chi connectivity index (χ0v) is 11.6. The second-order valence-electron chi connectivity index (χ2n) is 5.76. The van der Waals surface area contributed by atoms with Crippen LogP contribution in [-0.4, -0.2) is 22.1 Å². The number of nitrogens with two attached hydrogens (primary N) is 1. The molecular weight excluding hydrogens is 240 g/mol. The van der Waals surface area contributed by atoms with Gasteiger partial charge in [0.25, 0.3) is 0 Å². The van der Waals surface area contributed by atoms with E-state index in [0.29, 0.717) is 11.9 Å². The monoisotopic (exact) mass is 262 g/mol. The summed E-state index contributed by atoms with van der Waals surface area (Å²) in [4.78, 5) is 13.3. The molecule has 5 nitrogen and oxygen atoms in total. The van der Waals surface area contributed by atoms with Gasteiger partial charge in [-0.05, 0) is 25.7 Å². The summed E-state index contributed by atoms with van der Waals surface area (Å²) in [5.74, 6) is 2.45. The molecule has 1 aromatic heterocycles. The van der Waals surface area contributed by atoms with Gasteiger partial charge in [0.2, 0.25) is 5.95 Å². The van der Waals surface area contributed by atoms with E-state index in [1.54, 1.807) is 7.11 Å². The Kier molecular flexibility index (Phi) is 3.39. The van der Waals surface area contributed by atoms with E-state index in [0.717, 1.165) is 37.3 Å². The van der Waals surface area contributed by atoms with Gasteiger partial charge in [0.1, 0.15) is 11.4 Å². The maximum atomic E-state index is 5.87. The molecule has 0 amide bonds. The van der Waals surface area contributed by atoms with Gasteiger partial charge in [-0.15, -0.1) is 0 Å². The number of nitrogens with zero attached hydrogens (tertiary/aromatic N) is 3. The lowest BCUT2D eigenvalue weighted by Crippen LogP contribution is -2.31. The standard InChI is InChI=1S/C14H22N4O/c1-19-14(8-4-2-3-5-9-14)12-16-11(10-6-7-10)17-13(15)18-12/h10H,2-9H2,1H3,(H2,15,16,17,18). The van der Waals surface area contributed by atoms with Gasteiger partial charge in [0.05, 0.1) is 0 Å². The lowest BCUT2D eigenvalue weighted by Gasteiger charge is -2.29. The average molecular weight is 262 g/mol. The third-order valence-electron chi connectivity index (χ3n) is 4.32. The average Bonchev–Trinajstić information content (AvgIpc) is 3.25. The fourth-order valence-corrected chi connectivity index (χ4v) is 2.96. The number of hydrogen-bond acceptors (Lipinski definition) is 5. The molecule has 2 N–H and O–H groups in total. The smallest absolute Gasteiger partial charge is 0.223 e. The van der Waals surface area contributed by atoms with Crippen molar-refractivity contribution in [2.24, 2.45) is 0 Å². The molecule has 2 fully saturated rings. The Morgan fingerprint density at radius 2 is 1.74 bits per heavy atom. The van der Waals surface area contributed by atoms with Crippen LogP contribution < -0.4 is 5.73 Å². The summed E-state index contributed by atoms with van der Waals surface area (Å²) in [6.45, 7) is 0. The van der Waals surface area contributed by atoms with E-state index < -0.39 is 0 Å². The maximum absolute atomic E-state index is 5.87. The van der Waals surface area contributed by atoms with Crippen LogP contribution in [0.3, 0.4) is 0 Å². The highest BCUT2D eigenvalue weighted by molar-refractivity contribution is 5.22. The second-order valence-corrected chi connectivity index (χ2v) is 5.76. The van der Waals surface area contributed by atoms with Crippen molar-refractivity contribution >= 4 is 5.95 Å². The van der Waals surface area contributed by atoms with Crippen LogP contribution in [-0.2, 0) is 10.3 Å². The molecule has 0 bridgehead atoms. The van der Waals surface area contributed by atoms with Crippen LogP contribution in [0.15, 0.2) is 0 Å². The van der Waals surface area contributed by atoms with E-state index in [1.807, 2.05) is 0 Å². The van der Waals surface area contributed by atoms with Gasteiger partial charge in [-0.25, -0.2) is 4.98 Å². The predicted octanol–water partition coefficient (Wildman–Crippen LogP) is 2.53. The molecule has 3 rings (SSSR count). The number of rotatable bonds is 3. The van der Waals surface area contributed by atoms with E-state index in [4.69, 9.17) is 10.5 Å². The van der Waals surface area contributed by atoms with E-state index in [1.165, 1.54) is 25.7 Å². The Morgan fingerprint density at radius 1 is 1.05 bits per heavy atom. The van der Waals surface area contributed by atoms with E-state index >= 15 is 0 Å². The van der Waals surface area contributed by atoms with Gasteiger partial charge in [-0.1, -0.05) is 25.7 Å². The molecule has 0 unspecified atom stereocenters. The summed E-state index contributed by atoms with van der Waals surface area (Å²) in [6.07, 6.45) is 9.17. The predicted molar refractivity (Wildman–Crippen MR) is 72.6 cm³/mol. The number of hydrogen-bond donors (Lipinski definition) is 1. The van der Waals surface area contributed by atoms with E-state index in [-0.39, 0.29) is 5.60 Å². The molecule has 0 radical (unpaired) electrons. The quantitative estimate of drug-likeness (QED) is 0.847. The first-order chi connectivity index (χ1) is 9.23. The topological polar surface area (TPSA) is 73.9 Å². The zero-order chi connectivity index (χ0) is 13.3. The first-order valence-corrected chi connectivity index (χ1v) is 7.30. The summed E-state index contributed by atoms with van der Waals surface area (Å²) in [5.41, 5.74) is 5.52. The van der Waals surface area contributed by atoms with E-state index in [2.05, 4.69) is 15.0 Å². The minimum absolute atomic E-state index is 0.340. The van der Waals surface area contributed by atoms with Crippen LogP contribution >= 0.6 is 0 Å². The van der Waals surface area contributed by atoms with Crippen LogP contribution in [0.25, 0.3) is 0 Å². The second kappa shape index (κ2) is 5.04. The van der Waals surface area contributed by atoms with Gasteiger partial charge < -0.3 is 10.5 Å². The van der Waals surface area contributed by atoms with Crippen molar-refractivity contribution in [2.75, 3.05) is 12.8 Å². The van der Waals surface area contributed by atoms with Gasteiger partial charge in [-0.2, -0.15) is 9.97 Å². The summed E-state index contributed by atoms with van der Waals surface area (Å²) in [5, 5.41) is 0. The van der Waals surface area contributed by atoms with Crippen LogP contribution in [0.1, 0.15) is 68.9 Å². The molecule has 1 heterocycles. The van der Waals surface area contributed by atoms with E-state index in [9.17, 15) is 0 Å². The van der Waals surface area contributed by atoms with Crippen LogP contribution in [0.5, 0.6) is 0 Å². The number of anilines is 1. The van der Waals surface area contributed by atoms with Crippen molar-refractivity contribution in [3.63, 3.8) is 0 Å². The lowest BCUT2D eigenvalue weighted by atomic mass is 9.93. The molecule has 1 aromatic rings. The summed E-state index contributed by atoms with van der Waals surface area (Å²) < 4.78 is 5.85. The van der Waals surface area contributed by atoms with Crippen molar-refractivity contribution in [1.29, 1.82) is 0 Å². The Balaban J connectivity index is 1.97. The largest absolute Gasteiger partial charge is 0.370 e. The highest BCUT2D eigenvalue weighted by atomic mass is 16.5. The first-order valence-electron chi connectivity index (χ1n) is 7.30. The van der Waals surface area contributed by atoms with Gasteiger partial charge in [-0.3, -0.25) is 0 Å². The Bertz CT molecular complexity index is 451. The van der Waals surface area contributed by atoms with Gasteiger partial charge in [0.15, 0.2) is 5.82 Å². The molecular formula is C14H22N4O. The normalized spacial score (nSPS) is 23.0. The molecule has 2 saturated carbocycles. The highest BCUT2D eigenvalue weighted by Crippen LogP contribution is 2.41. The number of nitrogen functional groups attached to an aromatic ring is 1. The molecule has 0 aliphatic heterocycles. The van der Waals surface area contributed by atoms with Crippen molar-refractivity contribution in [3.05, 3.63) is 11.6 Å². The minimum atomic E-state index is -0.350. The summed E-state index contributed by atoms with van der Waals surface area (Å²) in [7, 11) is 1.77. The van der Waals surface area contributed by atoms with Crippen molar-refractivity contribution in [3.8, 4) is 0 Å². The summed E-state index contributed by atoms with van der Waals surface area (Å²) >= 11 is 0. The minimum Gasteiger partial charge on any atom is -0.370 e. The molecule has 0 spiro atoms. The van der Waals surface area contributed by atoms with Gasteiger partial charge >= 0.3 is 0 Å². The number of methoxy groups -OCH3 is 1. The number of aromatic nitrogens is 3. The fourth-order valence-electron chi connectivity index (χ4n) is 2.96. The molecule has 2 aliphatic rings. The molecule has 19 heavy (non-hydrogen) atoms. The lowest BCUT2D eigenvalue weighted by molar-refractivity contribution is -0.0353. The van der Waals surface area contributed by atoms with Crippen LogP contribution in [0, 0.1) is 0 Å². The molecule has 0 aromatic carbocycles. The first kappa shape index (κ1) is 12.8. The third kappa shape index (κ3) is 2.56. The van der Waals surface area contributed by atoms with Gasteiger partial charge in [0, 0.05) is 13.0 Å². The molecule has 5 heteroatoms. The van der Waals surface area contributed by atoms with Crippen LogP contribution in [0.4, 0.5) is 5.95 Å². The Morgan fingerprint density at radius 3 is 2.32 bits per heavy atom. The maximum Gasteiger partial charge on any atom is 0.223 e. The molecule has 2 aliphatic carbocycles. The molecule has 0 atom stereocenters. The SMILES string of the molecule is COC1(c2nc(N)nc(C3CC3)n2)CCCCCC1.